The van der Waals surface area contributed by atoms with Crippen LogP contribution in [0.2, 0.25) is 0 Å². The zero-order valence-electron chi connectivity index (χ0n) is 14.7. The Labute approximate surface area is 148 Å². The predicted molar refractivity (Wildman–Crippen MR) is 94.2 cm³/mol. The van der Waals surface area contributed by atoms with Crippen LogP contribution in [0, 0.1) is 0 Å². The summed E-state index contributed by atoms with van der Waals surface area (Å²) in [5.74, 6) is 1.70. The Balaban J connectivity index is 1.51. The van der Waals surface area contributed by atoms with Gasteiger partial charge in [-0.3, -0.25) is 4.79 Å². The molecular weight excluding hydrogens is 318 g/mol. The van der Waals surface area contributed by atoms with Gasteiger partial charge in [-0.25, -0.2) is 0 Å². The van der Waals surface area contributed by atoms with Crippen molar-refractivity contribution in [3.8, 4) is 0 Å². The molecule has 25 heavy (non-hydrogen) atoms. The molecule has 1 aromatic carbocycles. The Bertz CT molecular complexity index is 693. The van der Waals surface area contributed by atoms with Crippen molar-refractivity contribution >= 4 is 11.6 Å². The molecular formula is C19H25N3O3. The quantitative estimate of drug-likeness (QED) is 0.788. The fourth-order valence-corrected chi connectivity index (χ4v) is 3.13. The van der Waals surface area contributed by atoms with Gasteiger partial charge < -0.3 is 14.6 Å². The fraction of sp³-hybridized carbons (Fsp3) is 0.526. The summed E-state index contributed by atoms with van der Waals surface area (Å²) >= 11 is 0. The lowest BCUT2D eigenvalue weighted by Crippen LogP contribution is -2.14. The van der Waals surface area contributed by atoms with Crippen molar-refractivity contribution in [2.45, 2.75) is 58.0 Å². The van der Waals surface area contributed by atoms with E-state index in [4.69, 9.17) is 9.26 Å². The van der Waals surface area contributed by atoms with Crippen LogP contribution in [0.4, 0.5) is 5.69 Å². The number of rotatable bonds is 8. The Hall–Kier alpha value is -2.21. The highest BCUT2D eigenvalue weighted by atomic mass is 16.5. The van der Waals surface area contributed by atoms with Crippen LogP contribution in [0.25, 0.3) is 0 Å². The SMILES string of the molecule is CCOCc1ccccc1NC(=O)CCc1nc(C2CCCC2)no1. The van der Waals surface area contributed by atoms with Crippen LogP contribution in [-0.4, -0.2) is 22.7 Å². The van der Waals surface area contributed by atoms with E-state index >= 15 is 0 Å². The van der Waals surface area contributed by atoms with Gasteiger partial charge in [-0.05, 0) is 25.8 Å². The summed E-state index contributed by atoms with van der Waals surface area (Å²) in [5, 5.41) is 7.02. The maximum atomic E-state index is 12.2. The molecule has 1 N–H and O–H groups in total. The predicted octanol–water partition coefficient (Wildman–Crippen LogP) is 3.84. The number of aryl methyl sites for hydroxylation is 1. The van der Waals surface area contributed by atoms with Crippen LogP contribution >= 0.6 is 0 Å². The topological polar surface area (TPSA) is 77.2 Å². The summed E-state index contributed by atoms with van der Waals surface area (Å²) in [5.41, 5.74) is 1.76. The molecule has 0 aliphatic heterocycles. The smallest absolute Gasteiger partial charge is 0.227 e. The second-order valence-electron chi connectivity index (χ2n) is 6.37. The van der Waals surface area contributed by atoms with E-state index in [1.165, 1.54) is 12.8 Å². The molecule has 1 heterocycles. The van der Waals surface area contributed by atoms with Crippen LogP contribution in [0.15, 0.2) is 28.8 Å². The van der Waals surface area contributed by atoms with E-state index in [2.05, 4.69) is 15.5 Å². The first-order valence-electron chi connectivity index (χ1n) is 9.04. The minimum absolute atomic E-state index is 0.0652. The molecule has 134 valence electrons. The van der Waals surface area contributed by atoms with Crippen molar-refractivity contribution in [1.29, 1.82) is 0 Å². The third kappa shape index (κ3) is 4.89. The largest absolute Gasteiger partial charge is 0.377 e. The highest BCUT2D eigenvalue weighted by molar-refractivity contribution is 5.91. The lowest BCUT2D eigenvalue weighted by atomic mass is 10.1. The number of hydrogen-bond acceptors (Lipinski definition) is 5. The average molecular weight is 343 g/mol. The van der Waals surface area contributed by atoms with Crippen molar-refractivity contribution in [1.82, 2.24) is 10.1 Å². The minimum Gasteiger partial charge on any atom is -0.377 e. The zero-order valence-corrected chi connectivity index (χ0v) is 14.7. The van der Waals surface area contributed by atoms with Gasteiger partial charge in [-0.2, -0.15) is 4.98 Å². The molecule has 6 heteroatoms. The average Bonchev–Trinajstić information content (AvgIpc) is 3.30. The monoisotopic (exact) mass is 343 g/mol. The molecule has 0 atom stereocenters. The van der Waals surface area contributed by atoms with Gasteiger partial charge >= 0.3 is 0 Å². The third-order valence-corrected chi connectivity index (χ3v) is 4.52. The van der Waals surface area contributed by atoms with Crippen molar-refractivity contribution in [3.05, 3.63) is 41.5 Å². The van der Waals surface area contributed by atoms with Gasteiger partial charge in [-0.15, -0.1) is 0 Å². The maximum Gasteiger partial charge on any atom is 0.227 e. The van der Waals surface area contributed by atoms with Crippen LogP contribution < -0.4 is 5.32 Å². The van der Waals surface area contributed by atoms with Crippen LogP contribution in [0.5, 0.6) is 0 Å². The van der Waals surface area contributed by atoms with Gasteiger partial charge in [0.05, 0.1) is 6.61 Å². The number of amides is 1. The standard InChI is InChI=1S/C19H25N3O3/c1-2-24-13-15-9-5-6-10-16(15)20-17(23)11-12-18-21-19(22-25-18)14-7-3-4-8-14/h5-6,9-10,14H,2-4,7-8,11-13H2,1H3,(H,20,23). The van der Waals surface area contributed by atoms with Gasteiger partial charge in [-0.1, -0.05) is 36.2 Å². The number of anilines is 1. The first-order valence-corrected chi connectivity index (χ1v) is 9.04. The Kier molecular flexibility index (Phi) is 6.17. The van der Waals surface area contributed by atoms with Crippen LogP contribution in [-0.2, 0) is 22.6 Å². The summed E-state index contributed by atoms with van der Waals surface area (Å²) in [6.07, 6.45) is 5.51. The molecule has 6 nitrogen and oxygen atoms in total. The van der Waals surface area contributed by atoms with Crippen molar-refractivity contribution < 1.29 is 14.1 Å². The molecule has 1 amide bonds. The number of para-hydroxylation sites is 1. The Morgan fingerprint density at radius 3 is 2.92 bits per heavy atom. The van der Waals surface area contributed by atoms with Gasteiger partial charge in [0.25, 0.3) is 0 Å². The third-order valence-electron chi connectivity index (χ3n) is 4.52. The molecule has 1 fully saturated rings. The molecule has 0 unspecified atom stereocenters. The van der Waals surface area contributed by atoms with Gasteiger partial charge in [0.1, 0.15) is 0 Å². The molecule has 3 rings (SSSR count). The summed E-state index contributed by atoms with van der Waals surface area (Å²) in [6.45, 7) is 3.08. The molecule has 0 spiro atoms. The number of nitrogens with one attached hydrogen (secondary N) is 1. The maximum absolute atomic E-state index is 12.2. The van der Waals surface area contributed by atoms with E-state index in [1.807, 2.05) is 31.2 Å². The molecule has 1 saturated carbocycles. The highest BCUT2D eigenvalue weighted by Gasteiger charge is 2.22. The second-order valence-corrected chi connectivity index (χ2v) is 6.37. The summed E-state index contributed by atoms with van der Waals surface area (Å²) in [6, 6.07) is 7.68. The second kappa shape index (κ2) is 8.76. The number of aromatic nitrogens is 2. The summed E-state index contributed by atoms with van der Waals surface area (Å²) in [4.78, 5) is 16.7. The minimum atomic E-state index is -0.0652. The molecule has 0 radical (unpaired) electrons. The highest BCUT2D eigenvalue weighted by Crippen LogP contribution is 2.32. The lowest BCUT2D eigenvalue weighted by molar-refractivity contribution is -0.116. The van der Waals surface area contributed by atoms with Gasteiger partial charge in [0.15, 0.2) is 5.82 Å². The number of carbonyl (C=O) groups excluding carboxylic acids is 1. The van der Waals surface area contributed by atoms with Crippen molar-refractivity contribution in [2.24, 2.45) is 0 Å². The summed E-state index contributed by atoms with van der Waals surface area (Å²) < 4.78 is 10.7. The van der Waals surface area contributed by atoms with Gasteiger partial charge in [0, 0.05) is 36.6 Å². The molecule has 1 aromatic heterocycles. The van der Waals surface area contributed by atoms with E-state index in [-0.39, 0.29) is 5.91 Å². The molecule has 0 bridgehead atoms. The Morgan fingerprint density at radius 1 is 1.32 bits per heavy atom. The normalized spacial score (nSPS) is 14.8. The van der Waals surface area contributed by atoms with E-state index in [9.17, 15) is 4.79 Å². The number of benzene rings is 1. The van der Waals surface area contributed by atoms with Crippen molar-refractivity contribution in [3.63, 3.8) is 0 Å². The molecule has 1 aliphatic rings. The number of hydrogen-bond donors (Lipinski definition) is 1. The number of nitrogens with zero attached hydrogens (tertiary/aromatic N) is 2. The Morgan fingerprint density at radius 2 is 2.12 bits per heavy atom. The summed E-state index contributed by atoms with van der Waals surface area (Å²) in [7, 11) is 0. The lowest BCUT2D eigenvalue weighted by Gasteiger charge is -2.10. The van der Waals surface area contributed by atoms with Gasteiger partial charge in [0.2, 0.25) is 11.8 Å². The number of carbonyl (C=O) groups is 1. The van der Waals surface area contributed by atoms with Crippen molar-refractivity contribution in [2.75, 3.05) is 11.9 Å². The van der Waals surface area contributed by atoms with Crippen LogP contribution in [0.1, 0.15) is 62.2 Å². The fourth-order valence-electron chi connectivity index (χ4n) is 3.13. The van der Waals surface area contributed by atoms with E-state index in [0.29, 0.717) is 37.9 Å². The first kappa shape index (κ1) is 17.6. The van der Waals surface area contributed by atoms with E-state index < -0.39 is 0 Å². The molecule has 0 saturated heterocycles. The zero-order chi connectivity index (χ0) is 17.5. The number of ether oxygens (including phenoxy) is 1. The molecule has 1 aliphatic carbocycles. The van der Waals surface area contributed by atoms with Crippen LogP contribution in [0.3, 0.4) is 0 Å². The van der Waals surface area contributed by atoms with E-state index in [0.717, 1.165) is 29.9 Å². The van der Waals surface area contributed by atoms with E-state index in [1.54, 1.807) is 0 Å². The molecule has 2 aromatic rings. The first-order chi connectivity index (χ1) is 12.3.